The van der Waals surface area contributed by atoms with E-state index in [2.05, 4.69) is 26.3 Å². The van der Waals surface area contributed by atoms with Crippen LogP contribution in [0.1, 0.15) is 11.1 Å². The zero-order valence-corrected chi connectivity index (χ0v) is 14.8. The molecule has 2 aromatic carbocycles. The van der Waals surface area contributed by atoms with Gasteiger partial charge < -0.3 is 5.32 Å². The normalized spacial score (nSPS) is 11.0. The SMILES string of the molecule is O=C(/C=C/c1ccc(F)cc1)Nc1ccnn1Cc1ccc(Br)cc1. The van der Waals surface area contributed by atoms with Crippen LogP contribution in [0.3, 0.4) is 0 Å². The van der Waals surface area contributed by atoms with Gasteiger partial charge >= 0.3 is 0 Å². The smallest absolute Gasteiger partial charge is 0.249 e. The quantitative estimate of drug-likeness (QED) is 0.642. The van der Waals surface area contributed by atoms with Gasteiger partial charge in [0.1, 0.15) is 11.6 Å². The highest BCUT2D eigenvalue weighted by molar-refractivity contribution is 9.10. The molecule has 0 aliphatic rings. The van der Waals surface area contributed by atoms with Crippen LogP contribution in [-0.4, -0.2) is 15.7 Å². The minimum atomic E-state index is -0.307. The highest BCUT2D eigenvalue weighted by Crippen LogP contribution is 2.14. The van der Waals surface area contributed by atoms with Gasteiger partial charge in [-0.3, -0.25) is 4.79 Å². The van der Waals surface area contributed by atoms with Crippen LogP contribution in [0.4, 0.5) is 10.2 Å². The second kappa shape index (κ2) is 7.90. The molecule has 1 amide bonds. The van der Waals surface area contributed by atoms with Gasteiger partial charge in [0.25, 0.3) is 0 Å². The zero-order valence-electron chi connectivity index (χ0n) is 13.2. The molecule has 1 N–H and O–H groups in total. The van der Waals surface area contributed by atoms with Crippen LogP contribution in [0, 0.1) is 5.82 Å². The molecular formula is C19H15BrFN3O. The predicted molar refractivity (Wildman–Crippen MR) is 99.5 cm³/mol. The lowest BCUT2D eigenvalue weighted by atomic mass is 10.2. The standard InChI is InChI=1S/C19H15BrFN3O/c20-16-6-1-15(2-7-16)13-24-18(11-12-22-24)23-19(25)10-5-14-3-8-17(21)9-4-14/h1-12H,13H2,(H,23,25)/b10-5+. The zero-order chi connectivity index (χ0) is 17.6. The summed E-state index contributed by atoms with van der Waals surface area (Å²) in [6.45, 7) is 0.553. The van der Waals surface area contributed by atoms with Crippen molar-refractivity contribution in [3.05, 3.63) is 88.3 Å². The predicted octanol–water partition coefficient (Wildman–Crippen LogP) is 4.48. The molecule has 0 aliphatic carbocycles. The number of nitrogens with one attached hydrogen (secondary N) is 1. The van der Waals surface area contributed by atoms with Crippen molar-refractivity contribution in [2.75, 3.05) is 5.32 Å². The van der Waals surface area contributed by atoms with Crippen molar-refractivity contribution in [1.29, 1.82) is 0 Å². The summed E-state index contributed by atoms with van der Waals surface area (Å²) in [6, 6.07) is 15.6. The molecule has 0 saturated carbocycles. The Kier molecular flexibility index (Phi) is 5.40. The first-order valence-electron chi connectivity index (χ1n) is 7.61. The largest absolute Gasteiger partial charge is 0.307 e. The fourth-order valence-electron chi connectivity index (χ4n) is 2.24. The third-order valence-corrected chi connectivity index (χ3v) is 4.04. The molecule has 3 aromatic rings. The van der Waals surface area contributed by atoms with Gasteiger partial charge in [0, 0.05) is 16.6 Å². The number of anilines is 1. The number of halogens is 2. The van der Waals surface area contributed by atoms with Crippen LogP contribution in [-0.2, 0) is 11.3 Å². The number of hydrogen-bond acceptors (Lipinski definition) is 2. The molecule has 3 rings (SSSR count). The van der Waals surface area contributed by atoms with E-state index in [9.17, 15) is 9.18 Å². The van der Waals surface area contributed by atoms with E-state index >= 15 is 0 Å². The van der Waals surface area contributed by atoms with Crippen LogP contribution < -0.4 is 5.32 Å². The molecule has 0 saturated heterocycles. The molecule has 25 heavy (non-hydrogen) atoms. The van der Waals surface area contributed by atoms with Gasteiger partial charge in [0.2, 0.25) is 5.91 Å². The molecule has 0 unspecified atom stereocenters. The van der Waals surface area contributed by atoms with Crippen LogP contribution in [0.2, 0.25) is 0 Å². The Balaban J connectivity index is 1.65. The number of benzene rings is 2. The monoisotopic (exact) mass is 399 g/mol. The number of aromatic nitrogens is 2. The highest BCUT2D eigenvalue weighted by Gasteiger charge is 2.06. The first-order chi connectivity index (χ1) is 12.1. The highest BCUT2D eigenvalue weighted by atomic mass is 79.9. The summed E-state index contributed by atoms with van der Waals surface area (Å²) in [7, 11) is 0. The average molecular weight is 400 g/mol. The number of nitrogens with zero attached hydrogens (tertiary/aromatic N) is 2. The summed E-state index contributed by atoms with van der Waals surface area (Å²) in [6.07, 6.45) is 4.67. The summed E-state index contributed by atoms with van der Waals surface area (Å²) < 4.78 is 15.6. The molecule has 0 radical (unpaired) electrons. The second-order valence-electron chi connectivity index (χ2n) is 5.37. The Morgan fingerprint density at radius 2 is 1.84 bits per heavy atom. The van der Waals surface area contributed by atoms with Gasteiger partial charge in [-0.1, -0.05) is 40.2 Å². The van der Waals surface area contributed by atoms with Crippen molar-refractivity contribution in [1.82, 2.24) is 9.78 Å². The van der Waals surface area contributed by atoms with E-state index in [0.717, 1.165) is 15.6 Å². The molecule has 1 heterocycles. The fraction of sp³-hybridized carbons (Fsp3) is 0.0526. The molecule has 0 bridgehead atoms. The summed E-state index contributed by atoms with van der Waals surface area (Å²) in [5, 5.41) is 7.03. The Morgan fingerprint density at radius 3 is 2.56 bits per heavy atom. The van der Waals surface area contributed by atoms with Crippen molar-refractivity contribution in [3.63, 3.8) is 0 Å². The molecule has 6 heteroatoms. The van der Waals surface area contributed by atoms with Gasteiger partial charge in [0.05, 0.1) is 12.7 Å². The van der Waals surface area contributed by atoms with Crippen molar-refractivity contribution in [3.8, 4) is 0 Å². The van der Waals surface area contributed by atoms with Crippen molar-refractivity contribution in [2.45, 2.75) is 6.54 Å². The lowest BCUT2D eigenvalue weighted by Crippen LogP contribution is -2.13. The maximum atomic E-state index is 12.9. The summed E-state index contributed by atoms with van der Waals surface area (Å²) in [5.74, 6) is 0.0250. The first-order valence-corrected chi connectivity index (χ1v) is 8.40. The minimum absolute atomic E-state index is 0.276. The summed E-state index contributed by atoms with van der Waals surface area (Å²) in [5.41, 5.74) is 1.82. The van der Waals surface area contributed by atoms with E-state index in [1.54, 1.807) is 35.2 Å². The molecule has 0 spiro atoms. The van der Waals surface area contributed by atoms with E-state index in [-0.39, 0.29) is 11.7 Å². The third-order valence-electron chi connectivity index (χ3n) is 3.51. The molecule has 0 aliphatic heterocycles. The average Bonchev–Trinajstić information content (AvgIpc) is 3.03. The summed E-state index contributed by atoms with van der Waals surface area (Å²) in [4.78, 5) is 12.1. The fourth-order valence-corrected chi connectivity index (χ4v) is 2.51. The Morgan fingerprint density at radius 1 is 1.12 bits per heavy atom. The molecular weight excluding hydrogens is 385 g/mol. The Labute approximate surface area is 153 Å². The van der Waals surface area contributed by atoms with Gasteiger partial charge in [-0.2, -0.15) is 5.10 Å². The molecule has 126 valence electrons. The van der Waals surface area contributed by atoms with E-state index in [1.807, 2.05) is 24.3 Å². The van der Waals surface area contributed by atoms with Gasteiger partial charge in [-0.15, -0.1) is 0 Å². The van der Waals surface area contributed by atoms with E-state index in [0.29, 0.717) is 12.4 Å². The minimum Gasteiger partial charge on any atom is -0.307 e. The van der Waals surface area contributed by atoms with Crippen LogP contribution >= 0.6 is 15.9 Å². The van der Waals surface area contributed by atoms with Crippen LogP contribution in [0.15, 0.2) is 71.3 Å². The Hall–Kier alpha value is -2.73. The van der Waals surface area contributed by atoms with Crippen molar-refractivity contribution in [2.24, 2.45) is 0 Å². The van der Waals surface area contributed by atoms with E-state index < -0.39 is 0 Å². The number of amides is 1. The van der Waals surface area contributed by atoms with Crippen molar-refractivity contribution < 1.29 is 9.18 Å². The van der Waals surface area contributed by atoms with Gasteiger partial charge in [-0.05, 0) is 41.5 Å². The van der Waals surface area contributed by atoms with Gasteiger partial charge in [0.15, 0.2) is 0 Å². The number of carbonyl (C=O) groups excluding carboxylic acids is 1. The maximum Gasteiger partial charge on any atom is 0.249 e. The van der Waals surface area contributed by atoms with Crippen molar-refractivity contribution >= 4 is 33.7 Å². The molecule has 0 atom stereocenters. The summed E-state index contributed by atoms with van der Waals surface area (Å²) >= 11 is 3.40. The van der Waals surface area contributed by atoms with Gasteiger partial charge in [-0.25, -0.2) is 9.07 Å². The lowest BCUT2D eigenvalue weighted by Gasteiger charge is -2.08. The van der Waals surface area contributed by atoms with Crippen LogP contribution in [0.25, 0.3) is 6.08 Å². The number of rotatable bonds is 5. The number of carbonyl (C=O) groups is 1. The van der Waals surface area contributed by atoms with E-state index in [1.165, 1.54) is 18.2 Å². The topological polar surface area (TPSA) is 46.9 Å². The maximum absolute atomic E-state index is 12.9. The first kappa shape index (κ1) is 17.1. The Bertz CT molecular complexity index is 886. The molecule has 0 fully saturated rings. The van der Waals surface area contributed by atoms with E-state index in [4.69, 9.17) is 0 Å². The lowest BCUT2D eigenvalue weighted by molar-refractivity contribution is -0.111. The van der Waals surface area contributed by atoms with Crippen LogP contribution in [0.5, 0.6) is 0 Å². The third kappa shape index (κ3) is 4.87. The number of hydrogen-bond donors (Lipinski definition) is 1. The second-order valence-corrected chi connectivity index (χ2v) is 6.29. The molecule has 4 nitrogen and oxygen atoms in total. The molecule has 1 aromatic heterocycles.